The SMILES string of the molecule is C=CCOCC(NC(=O)c1cc2ccccc2n1CCC)C(=O)O. The second-order valence-electron chi connectivity index (χ2n) is 5.43. The molecule has 6 heteroatoms. The number of carbonyl (C=O) groups excluding carboxylic acids is 1. The molecule has 1 aromatic heterocycles. The van der Waals surface area contributed by atoms with Crippen LogP contribution < -0.4 is 5.32 Å². The number of carbonyl (C=O) groups is 2. The fourth-order valence-electron chi connectivity index (χ4n) is 2.54. The smallest absolute Gasteiger partial charge is 0.328 e. The number of hydrogen-bond donors (Lipinski definition) is 2. The first-order valence-corrected chi connectivity index (χ1v) is 7.89. The van der Waals surface area contributed by atoms with E-state index in [1.54, 1.807) is 6.07 Å². The van der Waals surface area contributed by atoms with Gasteiger partial charge in [-0.05, 0) is 18.6 Å². The number of ether oxygens (including phenoxy) is 1. The maximum atomic E-state index is 12.6. The van der Waals surface area contributed by atoms with Gasteiger partial charge in [-0.1, -0.05) is 31.2 Å². The summed E-state index contributed by atoms with van der Waals surface area (Å²) in [6.45, 7) is 6.33. The van der Waals surface area contributed by atoms with Gasteiger partial charge in [-0.3, -0.25) is 4.79 Å². The topological polar surface area (TPSA) is 80.6 Å². The van der Waals surface area contributed by atoms with Crippen LogP contribution in [-0.2, 0) is 16.1 Å². The molecule has 0 radical (unpaired) electrons. The van der Waals surface area contributed by atoms with Crippen molar-refractivity contribution in [3.63, 3.8) is 0 Å². The minimum Gasteiger partial charge on any atom is -0.480 e. The predicted octanol–water partition coefficient (Wildman–Crippen LogP) is 2.44. The number of para-hydroxylation sites is 1. The number of aromatic nitrogens is 1. The number of aryl methyl sites for hydroxylation is 1. The summed E-state index contributed by atoms with van der Waals surface area (Å²) in [5, 5.41) is 12.7. The number of amides is 1. The van der Waals surface area contributed by atoms with Crippen LogP contribution in [-0.4, -0.2) is 40.8 Å². The molecule has 6 nitrogen and oxygen atoms in total. The highest BCUT2D eigenvalue weighted by Gasteiger charge is 2.23. The van der Waals surface area contributed by atoms with E-state index in [0.29, 0.717) is 12.2 Å². The molecule has 2 aromatic rings. The van der Waals surface area contributed by atoms with Crippen molar-refractivity contribution in [1.82, 2.24) is 9.88 Å². The minimum absolute atomic E-state index is 0.110. The quantitative estimate of drug-likeness (QED) is 0.547. The van der Waals surface area contributed by atoms with Gasteiger partial charge in [-0.25, -0.2) is 4.79 Å². The summed E-state index contributed by atoms with van der Waals surface area (Å²) in [5.41, 5.74) is 1.41. The molecule has 0 aliphatic heterocycles. The summed E-state index contributed by atoms with van der Waals surface area (Å²) < 4.78 is 7.07. The lowest BCUT2D eigenvalue weighted by Gasteiger charge is -2.15. The van der Waals surface area contributed by atoms with Crippen molar-refractivity contribution in [2.45, 2.75) is 25.9 Å². The first-order chi connectivity index (χ1) is 11.6. The van der Waals surface area contributed by atoms with Gasteiger partial charge in [0.25, 0.3) is 5.91 Å². The molecule has 2 N–H and O–H groups in total. The van der Waals surface area contributed by atoms with Crippen LogP contribution in [0.25, 0.3) is 10.9 Å². The summed E-state index contributed by atoms with van der Waals surface area (Å²) in [4.78, 5) is 23.9. The third-order valence-electron chi connectivity index (χ3n) is 3.61. The summed E-state index contributed by atoms with van der Waals surface area (Å²) in [5.74, 6) is -1.56. The molecule has 1 atom stereocenters. The van der Waals surface area contributed by atoms with Crippen LogP contribution in [0.15, 0.2) is 43.0 Å². The number of nitrogens with one attached hydrogen (secondary N) is 1. The van der Waals surface area contributed by atoms with E-state index in [9.17, 15) is 14.7 Å². The Labute approximate surface area is 140 Å². The van der Waals surface area contributed by atoms with Gasteiger partial charge in [0.15, 0.2) is 6.04 Å². The Morgan fingerprint density at radius 1 is 1.42 bits per heavy atom. The molecular weight excluding hydrogens is 308 g/mol. The Hall–Kier alpha value is -2.60. The van der Waals surface area contributed by atoms with E-state index in [-0.39, 0.29) is 13.2 Å². The lowest BCUT2D eigenvalue weighted by Crippen LogP contribution is -2.44. The van der Waals surface area contributed by atoms with Crippen molar-refractivity contribution in [3.05, 3.63) is 48.7 Å². The predicted molar refractivity (Wildman–Crippen MR) is 92.1 cm³/mol. The van der Waals surface area contributed by atoms with E-state index in [0.717, 1.165) is 17.3 Å². The van der Waals surface area contributed by atoms with E-state index >= 15 is 0 Å². The van der Waals surface area contributed by atoms with Crippen LogP contribution in [0, 0.1) is 0 Å². The van der Waals surface area contributed by atoms with E-state index in [1.807, 2.05) is 35.8 Å². The fraction of sp³-hybridized carbons (Fsp3) is 0.333. The summed E-state index contributed by atoms with van der Waals surface area (Å²) in [6, 6.07) is 8.38. The highest BCUT2D eigenvalue weighted by Crippen LogP contribution is 2.20. The molecule has 24 heavy (non-hydrogen) atoms. The Bertz CT molecular complexity index is 736. The molecule has 0 spiro atoms. The second kappa shape index (κ2) is 8.31. The highest BCUT2D eigenvalue weighted by atomic mass is 16.5. The zero-order valence-electron chi connectivity index (χ0n) is 13.7. The number of carboxylic acid groups (broad SMARTS) is 1. The Morgan fingerprint density at radius 2 is 2.17 bits per heavy atom. The molecule has 128 valence electrons. The second-order valence-corrected chi connectivity index (χ2v) is 5.43. The number of aliphatic carboxylic acids is 1. The summed E-state index contributed by atoms with van der Waals surface area (Å²) in [6.07, 6.45) is 2.39. The van der Waals surface area contributed by atoms with Crippen LogP contribution >= 0.6 is 0 Å². The van der Waals surface area contributed by atoms with E-state index in [4.69, 9.17) is 4.74 Å². The first kappa shape index (κ1) is 17.7. The van der Waals surface area contributed by atoms with Crippen molar-refractivity contribution in [2.24, 2.45) is 0 Å². The molecule has 1 unspecified atom stereocenters. The molecule has 0 bridgehead atoms. The minimum atomic E-state index is -1.13. The van der Waals surface area contributed by atoms with Crippen LogP contribution in [0.3, 0.4) is 0 Å². The monoisotopic (exact) mass is 330 g/mol. The molecule has 0 aliphatic rings. The zero-order valence-corrected chi connectivity index (χ0v) is 13.7. The molecule has 0 aliphatic carbocycles. The van der Waals surface area contributed by atoms with E-state index < -0.39 is 17.9 Å². The Balaban J connectivity index is 2.24. The molecule has 1 amide bonds. The van der Waals surface area contributed by atoms with Gasteiger partial charge in [0.05, 0.1) is 13.2 Å². The zero-order chi connectivity index (χ0) is 17.5. The van der Waals surface area contributed by atoms with Gasteiger partial charge in [-0.15, -0.1) is 6.58 Å². The van der Waals surface area contributed by atoms with Crippen LogP contribution in [0.2, 0.25) is 0 Å². The Kier molecular flexibility index (Phi) is 6.14. The summed E-state index contributed by atoms with van der Waals surface area (Å²) in [7, 11) is 0. The van der Waals surface area contributed by atoms with E-state index in [2.05, 4.69) is 11.9 Å². The molecule has 1 aromatic carbocycles. The summed E-state index contributed by atoms with van der Waals surface area (Å²) >= 11 is 0. The number of nitrogens with zero attached hydrogens (tertiary/aromatic N) is 1. The molecule has 1 heterocycles. The van der Waals surface area contributed by atoms with Gasteiger partial charge in [-0.2, -0.15) is 0 Å². The van der Waals surface area contributed by atoms with Crippen molar-refractivity contribution < 1.29 is 19.4 Å². The standard InChI is InChI=1S/C18H22N2O4/c1-3-9-20-15-8-6-5-7-13(15)11-16(20)17(21)19-14(18(22)23)12-24-10-4-2/h4-8,11,14H,2-3,9-10,12H2,1H3,(H,19,21)(H,22,23). The molecule has 0 saturated carbocycles. The Morgan fingerprint density at radius 3 is 2.83 bits per heavy atom. The normalized spacial score (nSPS) is 12.0. The van der Waals surface area contributed by atoms with Crippen LogP contribution in [0.1, 0.15) is 23.8 Å². The maximum absolute atomic E-state index is 12.6. The van der Waals surface area contributed by atoms with Crippen LogP contribution in [0.5, 0.6) is 0 Å². The van der Waals surface area contributed by atoms with Crippen molar-refractivity contribution in [2.75, 3.05) is 13.2 Å². The average molecular weight is 330 g/mol. The largest absolute Gasteiger partial charge is 0.480 e. The van der Waals surface area contributed by atoms with Crippen molar-refractivity contribution in [1.29, 1.82) is 0 Å². The molecule has 0 fully saturated rings. The van der Waals surface area contributed by atoms with Gasteiger partial charge in [0.1, 0.15) is 5.69 Å². The average Bonchev–Trinajstić information content (AvgIpc) is 2.93. The number of fused-ring (bicyclic) bond motifs is 1. The first-order valence-electron chi connectivity index (χ1n) is 7.89. The van der Waals surface area contributed by atoms with Crippen LogP contribution in [0.4, 0.5) is 0 Å². The molecule has 2 rings (SSSR count). The third-order valence-corrected chi connectivity index (χ3v) is 3.61. The van der Waals surface area contributed by atoms with E-state index in [1.165, 1.54) is 6.08 Å². The van der Waals surface area contributed by atoms with Gasteiger partial charge in [0, 0.05) is 17.4 Å². The molecular formula is C18H22N2O4. The molecule has 0 saturated heterocycles. The van der Waals surface area contributed by atoms with Crippen molar-refractivity contribution in [3.8, 4) is 0 Å². The fourth-order valence-corrected chi connectivity index (χ4v) is 2.54. The third kappa shape index (κ3) is 4.02. The van der Waals surface area contributed by atoms with Gasteiger partial charge < -0.3 is 19.7 Å². The number of rotatable bonds is 9. The highest BCUT2D eigenvalue weighted by molar-refractivity contribution is 6.00. The number of hydrogen-bond acceptors (Lipinski definition) is 3. The van der Waals surface area contributed by atoms with Gasteiger partial charge >= 0.3 is 5.97 Å². The van der Waals surface area contributed by atoms with Crippen molar-refractivity contribution >= 4 is 22.8 Å². The lowest BCUT2D eigenvalue weighted by atomic mass is 10.2. The number of benzene rings is 1. The lowest BCUT2D eigenvalue weighted by molar-refractivity contribution is -0.140. The number of carboxylic acids is 1. The maximum Gasteiger partial charge on any atom is 0.328 e. The van der Waals surface area contributed by atoms with Gasteiger partial charge in [0.2, 0.25) is 0 Å².